The van der Waals surface area contributed by atoms with Crippen LogP contribution in [-0.4, -0.2) is 32.4 Å². The van der Waals surface area contributed by atoms with E-state index in [4.69, 9.17) is 5.11 Å². The molecule has 8 nitrogen and oxygen atoms in total. The molecule has 2 aromatic rings. The maximum Gasteiger partial charge on any atom is 0.337 e. The van der Waals surface area contributed by atoms with Crippen LogP contribution in [0.2, 0.25) is 0 Å². The summed E-state index contributed by atoms with van der Waals surface area (Å²) in [5, 5.41) is 22.3. The summed E-state index contributed by atoms with van der Waals surface area (Å²) in [6.45, 7) is 0. The van der Waals surface area contributed by atoms with E-state index in [1.807, 2.05) is 0 Å². The van der Waals surface area contributed by atoms with Gasteiger partial charge >= 0.3 is 5.97 Å². The average molecular weight is 306 g/mol. The van der Waals surface area contributed by atoms with E-state index < -0.39 is 17.4 Å². The predicted octanol–water partition coefficient (Wildman–Crippen LogP) is 1.28. The lowest BCUT2D eigenvalue weighted by molar-refractivity contribution is 0.0698. The fraction of sp³-hybridized carbons (Fsp3) is 0. The number of rotatable bonds is 4. The molecule has 0 fully saturated rings. The van der Waals surface area contributed by atoms with Crippen LogP contribution >= 0.6 is 12.2 Å². The third-order valence-electron chi connectivity index (χ3n) is 2.49. The van der Waals surface area contributed by atoms with Crippen LogP contribution < -0.4 is 11.0 Å². The Balaban J connectivity index is 2.27. The minimum Gasteiger partial charge on any atom is -0.494 e. The Bertz CT molecular complexity index is 824. The minimum absolute atomic E-state index is 0.0150. The summed E-state index contributed by atoms with van der Waals surface area (Å²) in [5.74, 6) is -1.54. The fourth-order valence-electron chi connectivity index (χ4n) is 1.54. The van der Waals surface area contributed by atoms with Crippen molar-refractivity contribution >= 4 is 30.1 Å². The van der Waals surface area contributed by atoms with Crippen molar-refractivity contribution in [3.8, 4) is 5.88 Å². The molecule has 0 bridgehead atoms. The van der Waals surface area contributed by atoms with Crippen LogP contribution in [-0.2, 0) is 0 Å². The number of anilines is 1. The Hall–Kier alpha value is -2.94. The highest BCUT2D eigenvalue weighted by molar-refractivity contribution is 7.71. The van der Waals surface area contributed by atoms with Gasteiger partial charge in [-0.25, -0.2) is 4.79 Å². The highest BCUT2D eigenvalue weighted by atomic mass is 32.1. The summed E-state index contributed by atoms with van der Waals surface area (Å²) in [6, 6.07) is 6.13. The van der Waals surface area contributed by atoms with Gasteiger partial charge in [-0.15, -0.1) is 0 Å². The molecular formula is C12H10N4O4S. The van der Waals surface area contributed by atoms with Gasteiger partial charge in [-0.3, -0.25) is 15.2 Å². The first-order valence-electron chi connectivity index (χ1n) is 5.66. The molecule has 5 N–H and O–H groups in total. The number of hydrazone groups is 1. The highest BCUT2D eigenvalue weighted by Crippen LogP contribution is 2.14. The lowest BCUT2D eigenvalue weighted by atomic mass is 10.2. The van der Waals surface area contributed by atoms with Crippen LogP contribution in [0.5, 0.6) is 5.88 Å². The van der Waals surface area contributed by atoms with E-state index >= 15 is 0 Å². The SMILES string of the molecule is O=C(O)c1ccccc1N/N=C/c1c(O)[nH]c(=S)[nH]c1=O. The molecule has 1 aromatic heterocycles. The number of aromatic hydroxyl groups is 1. The van der Waals surface area contributed by atoms with E-state index in [-0.39, 0.29) is 21.6 Å². The number of carboxylic acid groups (broad SMARTS) is 1. The largest absolute Gasteiger partial charge is 0.494 e. The lowest BCUT2D eigenvalue weighted by Gasteiger charge is -2.04. The molecule has 1 heterocycles. The number of aromatic amines is 2. The molecule has 0 radical (unpaired) electrons. The third-order valence-corrected chi connectivity index (χ3v) is 2.70. The van der Waals surface area contributed by atoms with E-state index in [0.717, 1.165) is 6.21 Å². The summed E-state index contributed by atoms with van der Waals surface area (Å²) in [6.07, 6.45) is 1.05. The molecule has 0 aliphatic carbocycles. The first kappa shape index (κ1) is 14.5. The summed E-state index contributed by atoms with van der Waals surface area (Å²) in [5.41, 5.74) is 2.02. The van der Waals surface area contributed by atoms with Crippen molar-refractivity contribution in [3.05, 3.63) is 50.5 Å². The van der Waals surface area contributed by atoms with Gasteiger partial charge in [0.25, 0.3) is 5.56 Å². The summed E-state index contributed by atoms with van der Waals surface area (Å²) in [4.78, 5) is 27.2. The van der Waals surface area contributed by atoms with Crippen molar-refractivity contribution in [2.75, 3.05) is 5.43 Å². The predicted molar refractivity (Wildman–Crippen MR) is 78.5 cm³/mol. The van der Waals surface area contributed by atoms with Crippen LogP contribution in [0.25, 0.3) is 0 Å². The van der Waals surface area contributed by atoms with Crippen molar-refractivity contribution in [2.45, 2.75) is 0 Å². The van der Waals surface area contributed by atoms with Crippen molar-refractivity contribution in [2.24, 2.45) is 5.10 Å². The molecule has 9 heteroatoms. The number of hydrogen-bond acceptors (Lipinski definition) is 6. The van der Waals surface area contributed by atoms with Gasteiger partial charge in [0.1, 0.15) is 5.56 Å². The fourth-order valence-corrected chi connectivity index (χ4v) is 1.73. The van der Waals surface area contributed by atoms with Gasteiger partial charge in [0.2, 0.25) is 5.88 Å². The molecule has 0 saturated carbocycles. The number of aromatic carboxylic acids is 1. The Morgan fingerprint density at radius 3 is 2.71 bits per heavy atom. The summed E-state index contributed by atoms with van der Waals surface area (Å²) in [7, 11) is 0. The number of carboxylic acids is 1. The smallest absolute Gasteiger partial charge is 0.337 e. The van der Waals surface area contributed by atoms with E-state index in [1.54, 1.807) is 12.1 Å². The first-order chi connectivity index (χ1) is 9.99. The van der Waals surface area contributed by atoms with Gasteiger partial charge in [-0.1, -0.05) is 12.1 Å². The van der Waals surface area contributed by atoms with Crippen molar-refractivity contribution in [1.29, 1.82) is 0 Å². The van der Waals surface area contributed by atoms with E-state index in [2.05, 4.69) is 32.7 Å². The van der Waals surface area contributed by atoms with Gasteiger partial charge in [0.15, 0.2) is 4.77 Å². The first-order valence-corrected chi connectivity index (χ1v) is 6.07. The Morgan fingerprint density at radius 1 is 1.33 bits per heavy atom. The molecule has 0 spiro atoms. The zero-order valence-electron chi connectivity index (χ0n) is 10.5. The molecule has 0 amide bonds. The molecule has 0 aliphatic heterocycles. The standard InChI is InChI=1S/C12H10N4O4S/c17-9-7(10(18)15-12(21)14-9)5-13-16-8-4-2-1-3-6(8)11(19)20/h1-5,16H,(H,19,20)(H3,14,15,17,18,21)/b13-5+. The monoisotopic (exact) mass is 306 g/mol. The molecule has 0 saturated heterocycles. The molecule has 2 rings (SSSR count). The highest BCUT2D eigenvalue weighted by Gasteiger charge is 2.08. The number of H-pyrrole nitrogens is 2. The molecule has 0 atom stereocenters. The number of hydrogen-bond donors (Lipinski definition) is 5. The third kappa shape index (κ3) is 3.34. The average Bonchev–Trinajstić information content (AvgIpc) is 2.42. The normalized spacial score (nSPS) is 10.7. The minimum atomic E-state index is -1.11. The zero-order chi connectivity index (χ0) is 15.4. The van der Waals surface area contributed by atoms with Gasteiger partial charge in [-0.05, 0) is 24.4 Å². The maximum absolute atomic E-state index is 11.6. The number of para-hydroxylation sites is 1. The molecule has 0 aliphatic rings. The molecular weight excluding hydrogens is 296 g/mol. The second kappa shape index (κ2) is 6.01. The van der Waals surface area contributed by atoms with Gasteiger partial charge < -0.3 is 15.2 Å². The van der Waals surface area contributed by atoms with Crippen LogP contribution in [0.4, 0.5) is 5.69 Å². The van der Waals surface area contributed by atoms with E-state index in [9.17, 15) is 14.7 Å². The van der Waals surface area contributed by atoms with Crippen LogP contribution in [0, 0.1) is 4.77 Å². The van der Waals surface area contributed by atoms with Crippen molar-refractivity contribution in [3.63, 3.8) is 0 Å². The molecule has 21 heavy (non-hydrogen) atoms. The number of carbonyl (C=O) groups is 1. The lowest BCUT2D eigenvalue weighted by Crippen LogP contribution is -2.14. The number of aromatic nitrogens is 2. The Labute approximate surface area is 122 Å². The van der Waals surface area contributed by atoms with Gasteiger partial charge in [-0.2, -0.15) is 5.10 Å². The van der Waals surface area contributed by atoms with E-state index in [0.29, 0.717) is 0 Å². The van der Waals surface area contributed by atoms with Crippen molar-refractivity contribution < 1.29 is 15.0 Å². The molecule has 1 aromatic carbocycles. The second-order valence-corrected chi connectivity index (χ2v) is 4.30. The van der Waals surface area contributed by atoms with Crippen LogP contribution in [0.15, 0.2) is 34.2 Å². The zero-order valence-corrected chi connectivity index (χ0v) is 11.3. The van der Waals surface area contributed by atoms with Crippen molar-refractivity contribution in [1.82, 2.24) is 9.97 Å². The Morgan fingerprint density at radius 2 is 2.05 bits per heavy atom. The quantitative estimate of drug-likeness (QED) is 0.328. The Kier molecular flexibility index (Phi) is 4.14. The maximum atomic E-state index is 11.6. The van der Waals surface area contributed by atoms with Crippen LogP contribution in [0.1, 0.15) is 15.9 Å². The number of nitrogens with zero attached hydrogens (tertiary/aromatic N) is 1. The second-order valence-electron chi connectivity index (χ2n) is 3.89. The van der Waals surface area contributed by atoms with Gasteiger partial charge in [0.05, 0.1) is 17.5 Å². The van der Waals surface area contributed by atoms with E-state index in [1.165, 1.54) is 12.1 Å². The van der Waals surface area contributed by atoms with Gasteiger partial charge in [0, 0.05) is 0 Å². The van der Waals surface area contributed by atoms with Crippen LogP contribution in [0.3, 0.4) is 0 Å². The number of benzene rings is 1. The summed E-state index contributed by atoms with van der Waals surface area (Å²) < 4.78 is -0.0150. The molecule has 108 valence electrons. The topological polar surface area (TPSA) is 131 Å². The number of nitrogens with one attached hydrogen (secondary N) is 3. The summed E-state index contributed by atoms with van der Waals surface area (Å²) >= 11 is 4.69. The molecule has 0 unspecified atom stereocenters.